The number of hydrogen-bond acceptors (Lipinski definition) is 5. The van der Waals surface area contributed by atoms with Gasteiger partial charge in [0.05, 0.1) is 30.3 Å². The molecule has 0 aromatic rings. The minimum absolute atomic E-state index is 0.0720. The predicted molar refractivity (Wildman–Crippen MR) is 62.0 cm³/mol. The number of aliphatic hydroxyl groups excluding tert-OH is 2. The Morgan fingerprint density at radius 1 is 1.25 bits per heavy atom. The molecule has 3 N–H and O–H groups in total. The number of rotatable bonds is 5. The van der Waals surface area contributed by atoms with Crippen LogP contribution in [0.25, 0.3) is 0 Å². The van der Waals surface area contributed by atoms with Gasteiger partial charge in [-0.3, -0.25) is 0 Å². The lowest BCUT2D eigenvalue weighted by Gasteiger charge is -2.36. The van der Waals surface area contributed by atoms with E-state index in [-0.39, 0.29) is 30.8 Å². The number of nitrogens with one attached hydrogen (secondary N) is 1. The van der Waals surface area contributed by atoms with Crippen LogP contribution in [-0.2, 0) is 9.84 Å². The van der Waals surface area contributed by atoms with E-state index < -0.39 is 15.4 Å². The van der Waals surface area contributed by atoms with Crippen LogP contribution in [0.4, 0.5) is 0 Å². The summed E-state index contributed by atoms with van der Waals surface area (Å²) in [6.45, 7) is 1.62. The summed E-state index contributed by atoms with van der Waals surface area (Å²) < 4.78 is 22.5. The molecule has 0 spiro atoms. The van der Waals surface area contributed by atoms with Crippen LogP contribution in [0.15, 0.2) is 0 Å². The average molecular weight is 251 g/mol. The Morgan fingerprint density at radius 3 is 2.12 bits per heavy atom. The molecule has 1 aliphatic heterocycles. The fourth-order valence-corrected chi connectivity index (χ4v) is 3.43. The van der Waals surface area contributed by atoms with Crippen LogP contribution >= 0.6 is 0 Å². The topological polar surface area (TPSA) is 86.6 Å². The molecule has 0 aromatic heterocycles. The lowest BCUT2D eigenvalue weighted by atomic mass is 9.95. The largest absolute Gasteiger partial charge is 0.394 e. The summed E-state index contributed by atoms with van der Waals surface area (Å²) in [7, 11) is -2.86. The molecule has 6 heteroatoms. The van der Waals surface area contributed by atoms with Crippen LogP contribution in [-0.4, -0.2) is 54.9 Å². The summed E-state index contributed by atoms with van der Waals surface area (Å²) in [6, 6.07) is 0.0720. The quantitative estimate of drug-likeness (QED) is 0.601. The lowest BCUT2D eigenvalue weighted by molar-refractivity contribution is 0.0762. The van der Waals surface area contributed by atoms with Crippen molar-refractivity contribution in [2.24, 2.45) is 0 Å². The third-order valence-corrected chi connectivity index (χ3v) is 5.06. The van der Waals surface area contributed by atoms with Gasteiger partial charge in [0.25, 0.3) is 0 Å². The van der Waals surface area contributed by atoms with Crippen LogP contribution in [0.1, 0.15) is 26.2 Å². The molecule has 1 aliphatic rings. The van der Waals surface area contributed by atoms with E-state index >= 15 is 0 Å². The predicted octanol–water partition coefficient (Wildman–Crippen LogP) is -0.713. The standard InChI is InChI=1S/C10H21NO4S/c1-2-10(7-12,8-13)11-9-3-5-16(14,15)6-4-9/h9,11-13H,2-8H2,1H3. The summed E-state index contributed by atoms with van der Waals surface area (Å²) in [5, 5.41) is 21.7. The first kappa shape index (κ1) is 13.9. The minimum Gasteiger partial charge on any atom is -0.394 e. The maximum atomic E-state index is 11.2. The SMILES string of the molecule is CCC(CO)(CO)NC1CCS(=O)(=O)CC1. The van der Waals surface area contributed by atoms with Crippen molar-refractivity contribution in [3.63, 3.8) is 0 Å². The van der Waals surface area contributed by atoms with Gasteiger partial charge in [-0.25, -0.2) is 8.42 Å². The molecule has 1 saturated heterocycles. The smallest absolute Gasteiger partial charge is 0.150 e. The fraction of sp³-hybridized carbons (Fsp3) is 1.00. The summed E-state index contributed by atoms with van der Waals surface area (Å²) in [5.74, 6) is 0.392. The minimum atomic E-state index is -2.86. The van der Waals surface area contributed by atoms with E-state index in [4.69, 9.17) is 0 Å². The molecule has 5 nitrogen and oxygen atoms in total. The van der Waals surface area contributed by atoms with E-state index in [9.17, 15) is 18.6 Å². The zero-order valence-corrected chi connectivity index (χ0v) is 10.5. The van der Waals surface area contributed by atoms with E-state index in [0.29, 0.717) is 19.3 Å². The summed E-state index contributed by atoms with van der Waals surface area (Å²) in [6.07, 6.45) is 1.73. The molecule has 1 heterocycles. The van der Waals surface area contributed by atoms with E-state index in [1.54, 1.807) is 0 Å². The van der Waals surface area contributed by atoms with Crippen LogP contribution in [0.3, 0.4) is 0 Å². The van der Waals surface area contributed by atoms with Gasteiger partial charge >= 0.3 is 0 Å². The Bertz CT molecular complexity index is 289. The Labute approximate surface area is 96.8 Å². The zero-order chi connectivity index (χ0) is 12.2. The maximum Gasteiger partial charge on any atom is 0.150 e. The molecule has 0 aliphatic carbocycles. The van der Waals surface area contributed by atoms with Gasteiger partial charge in [-0.1, -0.05) is 6.92 Å². The fourth-order valence-electron chi connectivity index (χ4n) is 1.93. The van der Waals surface area contributed by atoms with Crippen molar-refractivity contribution in [2.45, 2.75) is 37.8 Å². The summed E-state index contributed by atoms with van der Waals surface area (Å²) in [5.41, 5.74) is -0.675. The average Bonchev–Trinajstić information content (AvgIpc) is 2.29. The molecule has 0 unspecified atom stereocenters. The first-order chi connectivity index (χ1) is 7.47. The van der Waals surface area contributed by atoms with Crippen LogP contribution < -0.4 is 5.32 Å². The third kappa shape index (κ3) is 3.41. The molecule has 0 atom stereocenters. The second-order valence-electron chi connectivity index (χ2n) is 4.52. The van der Waals surface area contributed by atoms with E-state index in [1.165, 1.54) is 0 Å². The maximum absolute atomic E-state index is 11.2. The highest BCUT2D eigenvalue weighted by molar-refractivity contribution is 7.91. The molecule has 96 valence electrons. The van der Waals surface area contributed by atoms with Gasteiger partial charge in [0, 0.05) is 6.04 Å². The molecule has 1 rings (SSSR count). The molecule has 1 fully saturated rings. The highest BCUT2D eigenvalue weighted by Gasteiger charge is 2.32. The monoisotopic (exact) mass is 251 g/mol. The highest BCUT2D eigenvalue weighted by atomic mass is 32.2. The van der Waals surface area contributed by atoms with E-state index in [2.05, 4.69) is 5.32 Å². The second kappa shape index (κ2) is 5.44. The highest BCUT2D eigenvalue weighted by Crippen LogP contribution is 2.17. The van der Waals surface area contributed by atoms with E-state index in [0.717, 1.165) is 0 Å². The van der Waals surface area contributed by atoms with Gasteiger partial charge in [0.1, 0.15) is 9.84 Å². The first-order valence-electron chi connectivity index (χ1n) is 5.67. The van der Waals surface area contributed by atoms with Gasteiger partial charge in [0.2, 0.25) is 0 Å². The number of sulfone groups is 1. The summed E-state index contributed by atoms with van der Waals surface area (Å²) >= 11 is 0. The lowest BCUT2D eigenvalue weighted by Crippen LogP contribution is -2.56. The van der Waals surface area contributed by atoms with Crippen LogP contribution in [0.2, 0.25) is 0 Å². The molecule has 0 amide bonds. The molecule has 16 heavy (non-hydrogen) atoms. The first-order valence-corrected chi connectivity index (χ1v) is 7.49. The molecule has 0 radical (unpaired) electrons. The molecule has 0 bridgehead atoms. The van der Waals surface area contributed by atoms with Crippen molar-refractivity contribution in [3.05, 3.63) is 0 Å². The third-order valence-electron chi connectivity index (χ3n) is 3.35. The van der Waals surface area contributed by atoms with Crippen LogP contribution in [0.5, 0.6) is 0 Å². The zero-order valence-electron chi connectivity index (χ0n) is 9.65. The number of hydrogen-bond donors (Lipinski definition) is 3. The number of aliphatic hydroxyl groups is 2. The van der Waals surface area contributed by atoms with Gasteiger partial charge in [0.15, 0.2) is 0 Å². The van der Waals surface area contributed by atoms with Crippen molar-refractivity contribution in [3.8, 4) is 0 Å². The Balaban J connectivity index is 2.55. The Hall–Kier alpha value is -0.170. The Morgan fingerprint density at radius 2 is 1.75 bits per heavy atom. The normalized spacial score (nSPS) is 22.2. The second-order valence-corrected chi connectivity index (χ2v) is 6.82. The van der Waals surface area contributed by atoms with Gasteiger partial charge in [-0.05, 0) is 19.3 Å². The van der Waals surface area contributed by atoms with Crippen molar-refractivity contribution < 1.29 is 18.6 Å². The molecular formula is C10H21NO4S. The van der Waals surface area contributed by atoms with E-state index in [1.807, 2.05) is 6.92 Å². The molecular weight excluding hydrogens is 230 g/mol. The van der Waals surface area contributed by atoms with Crippen molar-refractivity contribution in [1.29, 1.82) is 0 Å². The molecule has 0 saturated carbocycles. The van der Waals surface area contributed by atoms with Gasteiger partial charge < -0.3 is 15.5 Å². The Kier molecular flexibility index (Phi) is 4.73. The van der Waals surface area contributed by atoms with Crippen molar-refractivity contribution >= 4 is 9.84 Å². The van der Waals surface area contributed by atoms with Gasteiger partial charge in [-0.15, -0.1) is 0 Å². The van der Waals surface area contributed by atoms with Crippen molar-refractivity contribution in [2.75, 3.05) is 24.7 Å². The van der Waals surface area contributed by atoms with Crippen LogP contribution in [0, 0.1) is 0 Å². The van der Waals surface area contributed by atoms with Crippen molar-refractivity contribution in [1.82, 2.24) is 5.32 Å². The summed E-state index contributed by atoms with van der Waals surface area (Å²) in [4.78, 5) is 0. The van der Waals surface area contributed by atoms with Gasteiger partial charge in [-0.2, -0.15) is 0 Å². The molecule has 0 aromatic carbocycles.